The van der Waals surface area contributed by atoms with Crippen LogP contribution in [0.3, 0.4) is 0 Å². The Labute approximate surface area is 132 Å². The van der Waals surface area contributed by atoms with Crippen molar-refractivity contribution >= 4 is 6.03 Å². The molecule has 0 aliphatic carbocycles. The number of unbranched alkanes of at least 4 members (excludes halogenated alkanes) is 1. The number of carbonyl (C=O) groups excluding carboxylic acids is 1. The molecule has 0 spiro atoms. The minimum Gasteiger partial charge on any atom is -0.491 e. The van der Waals surface area contributed by atoms with Gasteiger partial charge >= 0.3 is 6.03 Å². The smallest absolute Gasteiger partial charge is 0.316 e. The van der Waals surface area contributed by atoms with Crippen molar-refractivity contribution in [2.24, 2.45) is 0 Å². The Kier molecular flexibility index (Phi) is 9.02. The third-order valence-corrected chi connectivity index (χ3v) is 3.01. The van der Waals surface area contributed by atoms with Crippen molar-refractivity contribution in [3.63, 3.8) is 0 Å². The van der Waals surface area contributed by atoms with Crippen molar-refractivity contribution in [3.8, 4) is 5.75 Å². The summed E-state index contributed by atoms with van der Waals surface area (Å²) in [7, 11) is 0. The Morgan fingerprint density at radius 1 is 1.32 bits per heavy atom. The standard InChI is InChI=1S/C16H27N3O3/c1-3-4-10-17-16(21)19-13(2)18-11-14(20)12-22-15-8-6-5-7-9-15/h5-9,13-14,18,20H,3-4,10-12H2,1-2H3,(H2,17,19,21). The molecule has 1 rings (SSSR count). The first-order chi connectivity index (χ1) is 10.6. The maximum absolute atomic E-state index is 11.5. The van der Waals surface area contributed by atoms with Crippen LogP contribution in [-0.2, 0) is 0 Å². The van der Waals surface area contributed by atoms with E-state index in [0.717, 1.165) is 18.6 Å². The van der Waals surface area contributed by atoms with Gasteiger partial charge in [-0.1, -0.05) is 31.5 Å². The maximum Gasteiger partial charge on any atom is 0.316 e. The van der Waals surface area contributed by atoms with Crippen LogP contribution in [0.2, 0.25) is 0 Å². The summed E-state index contributed by atoms with van der Waals surface area (Å²) in [4.78, 5) is 11.5. The summed E-state index contributed by atoms with van der Waals surface area (Å²) < 4.78 is 5.46. The molecule has 0 aliphatic rings. The molecule has 2 unspecified atom stereocenters. The van der Waals surface area contributed by atoms with Crippen molar-refractivity contribution in [2.45, 2.75) is 39.0 Å². The van der Waals surface area contributed by atoms with Crippen LogP contribution in [0.4, 0.5) is 4.79 Å². The molecule has 2 amide bonds. The molecular weight excluding hydrogens is 282 g/mol. The zero-order valence-electron chi connectivity index (χ0n) is 13.3. The van der Waals surface area contributed by atoms with E-state index in [1.54, 1.807) is 0 Å². The molecule has 6 nitrogen and oxygen atoms in total. The van der Waals surface area contributed by atoms with Gasteiger partial charge in [0.25, 0.3) is 0 Å². The Balaban J connectivity index is 2.12. The number of aliphatic hydroxyl groups excluding tert-OH is 1. The van der Waals surface area contributed by atoms with Crippen molar-refractivity contribution in [1.29, 1.82) is 0 Å². The fraction of sp³-hybridized carbons (Fsp3) is 0.562. The third kappa shape index (κ3) is 8.49. The first-order valence-electron chi connectivity index (χ1n) is 7.75. The highest BCUT2D eigenvalue weighted by Crippen LogP contribution is 2.08. The first kappa shape index (κ1) is 18.3. The van der Waals surface area contributed by atoms with Gasteiger partial charge in [-0.2, -0.15) is 0 Å². The maximum atomic E-state index is 11.5. The molecule has 0 radical (unpaired) electrons. The summed E-state index contributed by atoms with van der Waals surface area (Å²) in [6.45, 7) is 5.10. The number of ether oxygens (including phenoxy) is 1. The molecule has 0 aliphatic heterocycles. The van der Waals surface area contributed by atoms with Crippen molar-refractivity contribution in [2.75, 3.05) is 19.7 Å². The van der Waals surface area contributed by atoms with E-state index < -0.39 is 6.10 Å². The van der Waals surface area contributed by atoms with Gasteiger partial charge in [-0.05, 0) is 25.5 Å². The van der Waals surface area contributed by atoms with Crippen molar-refractivity contribution in [1.82, 2.24) is 16.0 Å². The second-order valence-electron chi connectivity index (χ2n) is 5.16. The summed E-state index contributed by atoms with van der Waals surface area (Å²) >= 11 is 0. The lowest BCUT2D eigenvalue weighted by molar-refractivity contribution is 0.103. The molecule has 0 saturated carbocycles. The van der Waals surface area contributed by atoms with Gasteiger partial charge < -0.3 is 20.5 Å². The number of hydrogen-bond donors (Lipinski definition) is 4. The van der Waals surface area contributed by atoms with Crippen LogP contribution < -0.4 is 20.7 Å². The Bertz CT molecular complexity index is 414. The molecule has 1 aromatic rings. The molecule has 124 valence electrons. The average Bonchev–Trinajstić information content (AvgIpc) is 2.52. The largest absolute Gasteiger partial charge is 0.491 e. The highest BCUT2D eigenvalue weighted by atomic mass is 16.5. The molecule has 0 saturated heterocycles. The lowest BCUT2D eigenvalue weighted by Crippen LogP contribution is -2.50. The zero-order valence-corrected chi connectivity index (χ0v) is 13.3. The minimum absolute atomic E-state index is 0.201. The van der Waals surface area contributed by atoms with Crippen molar-refractivity contribution < 1.29 is 14.6 Å². The Morgan fingerprint density at radius 3 is 2.73 bits per heavy atom. The zero-order chi connectivity index (χ0) is 16.2. The van der Waals surface area contributed by atoms with Crippen LogP contribution in [0.15, 0.2) is 30.3 Å². The number of urea groups is 1. The molecule has 0 heterocycles. The number of hydrogen-bond acceptors (Lipinski definition) is 4. The van der Waals surface area contributed by atoms with Gasteiger partial charge in [0.05, 0.1) is 6.17 Å². The Morgan fingerprint density at radius 2 is 2.05 bits per heavy atom. The number of aliphatic hydroxyl groups is 1. The SMILES string of the molecule is CCCCNC(=O)NC(C)NCC(O)COc1ccccc1. The van der Waals surface area contributed by atoms with E-state index in [1.807, 2.05) is 37.3 Å². The fourth-order valence-electron chi connectivity index (χ4n) is 1.76. The van der Waals surface area contributed by atoms with Gasteiger partial charge in [0.2, 0.25) is 0 Å². The summed E-state index contributed by atoms with van der Waals surface area (Å²) in [6.07, 6.45) is 1.13. The minimum atomic E-state index is -0.646. The topological polar surface area (TPSA) is 82.6 Å². The summed E-state index contributed by atoms with van der Waals surface area (Å²) in [5, 5.41) is 18.4. The van der Waals surface area contributed by atoms with Crippen molar-refractivity contribution in [3.05, 3.63) is 30.3 Å². The molecule has 4 N–H and O–H groups in total. The van der Waals surface area contributed by atoms with Gasteiger partial charge in [0.1, 0.15) is 18.5 Å². The molecule has 6 heteroatoms. The number of rotatable bonds is 10. The number of carbonyl (C=O) groups is 1. The summed E-state index contributed by atoms with van der Waals surface area (Å²) in [5.74, 6) is 0.725. The summed E-state index contributed by atoms with van der Waals surface area (Å²) in [5.41, 5.74) is 0. The summed E-state index contributed by atoms with van der Waals surface area (Å²) in [6, 6.07) is 9.13. The number of para-hydroxylation sites is 1. The van der Waals surface area contributed by atoms with Gasteiger partial charge in [0.15, 0.2) is 0 Å². The van der Waals surface area contributed by atoms with E-state index in [0.29, 0.717) is 13.1 Å². The van der Waals surface area contributed by atoms with E-state index in [-0.39, 0.29) is 18.8 Å². The van der Waals surface area contributed by atoms with E-state index >= 15 is 0 Å². The Hall–Kier alpha value is -1.79. The molecule has 2 atom stereocenters. The van der Waals surface area contributed by atoms with Gasteiger partial charge in [-0.15, -0.1) is 0 Å². The van der Waals surface area contributed by atoms with Gasteiger partial charge in [-0.3, -0.25) is 5.32 Å². The average molecular weight is 309 g/mol. The third-order valence-electron chi connectivity index (χ3n) is 3.01. The van der Waals surface area contributed by atoms with E-state index in [2.05, 4.69) is 22.9 Å². The molecule has 22 heavy (non-hydrogen) atoms. The monoisotopic (exact) mass is 309 g/mol. The second kappa shape index (κ2) is 10.9. The van der Waals surface area contributed by atoms with Crippen LogP contribution in [0, 0.1) is 0 Å². The lowest BCUT2D eigenvalue weighted by atomic mass is 10.3. The van der Waals surface area contributed by atoms with E-state index in [1.165, 1.54) is 0 Å². The quantitative estimate of drug-likeness (QED) is 0.389. The number of nitrogens with one attached hydrogen (secondary N) is 3. The second-order valence-corrected chi connectivity index (χ2v) is 5.16. The highest BCUT2D eigenvalue weighted by Gasteiger charge is 2.09. The van der Waals surface area contributed by atoms with Crippen LogP contribution >= 0.6 is 0 Å². The van der Waals surface area contributed by atoms with Crippen LogP contribution in [0.1, 0.15) is 26.7 Å². The van der Waals surface area contributed by atoms with Crippen LogP contribution in [-0.4, -0.2) is 43.1 Å². The fourth-order valence-corrected chi connectivity index (χ4v) is 1.76. The normalized spacial score (nSPS) is 13.2. The predicted octanol–water partition coefficient (Wildman–Crippen LogP) is 1.46. The molecule has 0 bridgehead atoms. The van der Waals surface area contributed by atoms with Gasteiger partial charge in [-0.25, -0.2) is 4.79 Å². The molecule has 0 fully saturated rings. The van der Waals surface area contributed by atoms with E-state index in [9.17, 15) is 9.90 Å². The van der Waals surface area contributed by atoms with Gasteiger partial charge in [0, 0.05) is 13.1 Å². The highest BCUT2D eigenvalue weighted by molar-refractivity contribution is 5.73. The first-order valence-corrected chi connectivity index (χ1v) is 7.75. The molecule has 0 aromatic heterocycles. The number of amides is 2. The van der Waals surface area contributed by atoms with Crippen LogP contribution in [0.5, 0.6) is 5.75 Å². The van der Waals surface area contributed by atoms with Crippen LogP contribution in [0.25, 0.3) is 0 Å². The lowest BCUT2D eigenvalue weighted by Gasteiger charge is -2.19. The number of benzene rings is 1. The van der Waals surface area contributed by atoms with E-state index in [4.69, 9.17) is 4.74 Å². The predicted molar refractivity (Wildman–Crippen MR) is 86.9 cm³/mol. The molecule has 1 aromatic carbocycles. The molecular formula is C16H27N3O3.